The van der Waals surface area contributed by atoms with Crippen LogP contribution >= 0.6 is 11.6 Å². The van der Waals surface area contributed by atoms with Gasteiger partial charge in [0.2, 0.25) is 0 Å². The Labute approximate surface area is 242 Å². The molecule has 0 aliphatic carbocycles. The summed E-state index contributed by atoms with van der Waals surface area (Å²) in [5, 5.41) is 36.1. The van der Waals surface area contributed by atoms with Gasteiger partial charge in [-0.05, 0) is 49.2 Å². The molecule has 2 aromatic heterocycles. The van der Waals surface area contributed by atoms with E-state index in [9.17, 15) is 14.9 Å². The van der Waals surface area contributed by atoms with Gasteiger partial charge in [0, 0.05) is 22.6 Å². The average molecular weight is 565 g/mol. The van der Waals surface area contributed by atoms with Crippen molar-refractivity contribution in [1.82, 2.24) is 20.0 Å². The number of aromatic nitrogens is 4. The average Bonchev–Trinajstić information content (AvgIpc) is 3.47. The van der Waals surface area contributed by atoms with Crippen LogP contribution in [0.25, 0.3) is 10.9 Å². The van der Waals surface area contributed by atoms with Gasteiger partial charge in [-0.3, -0.25) is 4.98 Å². The summed E-state index contributed by atoms with van der Waals surface area (Å²) in [7, 11) is 0. The van der Waals surface area contributed by atoms with Crippen LogP contribution in [0.2, 0.25) is 5.02 Å². The molecule has 2 atom stereocenters. The molecule has 10 heteroatoms. The number of hydrogen-bond acceptors (Lipinski definition) is 7. The van der Waals surface area contributed by atoms with Crippen LogP contribution < -0.4 is 10.6 Å². The monoisotopic (exact) mass is 564 g/mol. The molecule has 0 saturated carbocycles. The Hall–Kier alpha value is -4.99. The number of benzene rings is 3. The van der Waals surface area contributed by atoms with Crippen molar-refractivity contribution in [3.05, 3.63) is 112 Å². The molecule has 0 spiro atoms. The molecule has 0 aliphatic heterocycles. The number of hydrogen-bond donors (Lipinski definition) is 2. The highest BCUT2D eigenvalue weighted by molar-refractivity contribution is 6.32. The van der Waals surface area contributed by atoms with Gasteiger partial charge in [-0.15, -0.1) is 5.10 Å². The molecule has 8 nitrogen and oxygen atoms in total. The van der Waals surface area contributed by atoms with E-state index in [0.717, 1.165) is 11.1 Å². The molecule has 0 saturated heterocycles. The van der Waals surface area contributed by atoms with Gasteiger partial charge in [0.05, 0.1) is 53.2 Å². The number of nitrogens with zero attached hydrogens (tertiary/aromatic N) is 6. The van der Waals surface area contributed by atoms with Gasteiger partial charge in [0.1, 0.15) is 17.6 Å². The SMILES string of the molecule is CC(C)n1cc([C@@H](Nc2cc(Cl)cc3c(NC(CC#N)c4ccccc4)c(C#N)cnc23)c2ccc(F)cc2)nn1. The normalized spacial score (nSPS) is 12.5. The Balaban J connectivity index is 1.63. The first-order valence-corrected chi connectivity index (χ1v) is 13.4. The minimum Gasteiger partial charge on any atom is -0.376 e. The summed E-state index contributed by atoms with van der Waals surface area (Å²) in [4.78, 5) is 4.62. The highest BCUT2D eigenvalue weighted by Gasteiger charge is 2.23. The number of rotatable bonds is 9. The largest absolute Gasteiger partial charge is 0.376 e. The highest BCUT2D eigenvalue weighted by atomic mass is 35.5. The van der Waals surface area contributed by atoms with Crippen LogP contribution in [0, 0.1) is 28.5 Å². The molecule has 0 aliphatic rings. The van der Waals surface area contributed by atoms with Crippen molar-refractivity contribution in [3.8, 4) is 12.1 Å². The maximum Gasteiger partial charge on any atom is 0.123 e. The minimum absolute atomic E-state index is 0.0998. The minimum atomic E-state index is -0.505. The topological polar surface area (TPSA) is 115 Å². The Morgan fingerprint density at radius 1 is 1.00 bits per heavy atom. The molecule has 2 N–H and O–H groups in total. The lowest BCUT2D eigenvalue weighted by Gasteiger charge is -2.22. The van der Waals surface area contributed by atoms with Gasteiger partial charge in [-0.1, -0.05) is 59.3 Å². The summed E-state index contributed by atoms with van der Waals surface area (Å²) in [6.45, 7) is 4.01. The van der Waals surface area contributed by atoms with Gasteiger partial charge < -0.3 is 10.6 Å². The van der Waals surface area contributed by atoms with E-state index in [1.165, 1.54) is 18.3 Å². The summed E-state index contributed by atoms with van der Waals surface area (Å²) in [6, 6.07) is 22.9. The van der Waals surface area contributed by atoms with E-state index in [1.54, 1.807) is 28.9 Å². The van der Waals surface area contributed by atoms with E-state index in [0.29, 0.717) is 38.6 Å². The molecule has 0 bridgehead atoms. The zero-order valence-corrected chi connectivity index (χ0v) is 23.1. The van der Waals surface area contributed by atoms with Crippen molar-refractivity contribution in [2.24, 2.45) is 0 Å². The third-order valence-electron chi connectivity index (χ3n) is 6.73. The Morgan fingerprint density at radius 3 is 2.41 bits per heavy atom. The maximum atomic E-state index is 13.8. The Kier molecular flexibility index (Phi) is 8.09. The molecule has 41 heavy (non-hydrogen) atoms. The molecule has 0 radical (unpaired) electrons. The van der Waals surface area contributed by atoms with Crippen LogP contribution in [0.4, 0.5) is 15.8 Å². The Bertz CT molecular complexity index is 1750. The lowest BCUT2D eigenvalue weighted by molar-refractivity contribution is 0.514. The molecular formula is C31H26ClFN8. The summed E-state index contributed by atoms with van der Waals surface area (Å²) >= 11 is 6.64. The molecule has 0 fully saturated rings. The van der Waals surface area contributed by atoms with Crippen LogP contribution in [-0.4, -0.2) is 20.0 Å². The van der Waals surface area contributed by atoms with Crippen molar-refractivity contribution in [2.45, 2.75) is 38.4 Å². The van der Waals surface area contributed by atoms with Crippen LogP contribution in [0.15, 0.2) is 79.1 Å². The zero-order valence-electron chi connectivity index (χ0n) is 22.4. The van der Waals surface area contributed by atoms with Crippen LogP contribution in [0.1, 0.15) is 60.8 Å². The first-order valence-electron chi connectivity index (χ1n) is 13.0. The maximum absolute atomic E-state index is 13.8. The molecule has 0 amide bonds. The number of fused-ring (bicyclic) bond motifs is 1. The number of nitrogens with one attached hydrogen (secondary N) is 2. The van der Waals surface area contributed by atoms with Crippen LogP contribution in [-0.2, 0) is 0 Å². The number of nitriles is 2. The van der Waals surface area contributed by atoms with Crippen molar-refractivity contribution >= 4 is 33.9 Å². The summed E-state index contributed by atoms with van der Waals surface area (Å²) in [5.41, 5.74) is 4.29. The van der Waals surface area contributed by atoms with Gasteiger partial charge in [0.25, 0.3) is 0 Å². The van der Waals surface area contributed by atoms with E-state index in [-0.39, 0.29) is 24.3 Å². The number of pyridine rings is 1. The van der Waals surface area contributed by atoms with Crippen molar-refractivity contribution in [1.29, 1.82) is 10.5 Å². The lowest BCUT2D eigenvalue weighted by Crippen LogP contribution is -2.15. The molecule has 204 valence electrons. The summed E-state index contributed by atoms with van der Waals surface area (Å²) in [5.74, 6) is -0.349. The second-order valence-electron chi connectivity index (χ2n) is 9.82. The van der Waals surface area contributed by atoms with Gasteiger partial charge in [0.15, 0.2) is 0 Å². The van der Waals surface area contributed by atoms with E-state index in [1.807, 2.05) is 50.4 Å². The lowest BCUT2D eigenvalue weighted by atomic mass is 10.0. The van der Waals surface area contributed by atoms with Gasteiger partial charge >= 0.3 is 0 Å². The standard InChI is InChI=1S/C31H26ClFN8/c1-19(2)41-18-28(39-40-41)30(21-8-10-24(33)11-9-21)38-27-15-23(32)14-25-29(22(16-35)17-36-31(25)27)37-26(12-13-34)20-6-4-3-5-7-20/h3-11,14-15,17-19,26,30,38H,12H2,1-2H3,(H,36,37)/t26?,30-/m0/s1. The molecule has 5 aromatic rings. The predicted molar refractivity (Wildman–Crippen MR) is 157 cm³/mol. The fourth-order valence-electron chi connectivity index (χ4n) is 4.63. The smallest absolute Gasteiger partial charge is 0.123 e. The van der Waals surface area contributed by atoms with Crippen molar-refractivity contribution < 1.29 is 4.39 Å². The van der Waals surface area contributed by atoms with E-state index in [2.05, 4.69) is 38.1 Å². The van der Waals surface area contributed by atoms with Crippen molar-refractivity contribution in [2.75, 3.05) is 10.6 Å². The second-order valence-corrected chi connectivity index (χ2v) is 10.3. The van der Waals surface area contributed by atoms with E-state index < -0.39 is 6.04 Å². The summed E-state index contributed by atoms with van der Waals surface area (Å²) < 4.78 is 15.6. The number of anilines is 2. The van der Waals surface area contributed by atoms with E-state index >= 15 is 0 Å². The van der Waals surface area contributed by atoms with Crippen LogP contribution in [0.3, 0.4) is 0 Å². The van der Waals surface area contributed by atoms with Crippen LogP contribution in [0.5, 0.6) is 0 Å². The molecule has 5 rings (SSSR count). The fourth-order valence-corrected chi connectivity index (χ4v) is 4.85. The quantitative estimate of drug-likeness (QED) is 0.192. The van der Waals surface area contributed by atoms with E-state index in [4.69, 9.17) is 11.6 Å². The highest BCUT2D eigenvalue weighted by Crippen LogP contribution is 2.38. The molecule has 3 aromatic carbocycles. The van der Waals surface area contributed by atoms with Crippen molar-refractivity contribution in [3.63, 3.8) is 0 Å². The first kappa shape index (κ1) is 27.6. The van der Waals surface area contributed by atoms with Gasteiger partial charge in [-0.25, -0.2) is 9.07 Å². The second kappa shape index (κ2) is 12.0. The Morgan fingerprint density at radius 2 is 1.76 bits per heavy atom. The van der Waals surface area contributed by atoms with Gasteiger partial charge in [-0.2, -0.15) is 10.5 Å². The third kappa shape index (κ3) is 5.96. The molecule has 2 heterocycles. The zero-order chi connectivity index (χ0) is 28.9. The summed E-state index contributed by atoms with van der Waals surface area (Å²) in [6.07, 6.45) is 3.53. The first-order chi connectivity index (χ1) is 19.9. The number of halogens is 2. The molecule has 1 unspecified atom stereocenters. The third-order valence-corrected chi connectivity index (χ3v) is 6.95. The predicted octanol–water partition coefficient (Wildman–Crippen LogP) is 7.34. The molecular weight excluding hydrogens is 539 g/mol. The fraction of sp³-hybridized carbons (Fsp3) is 0.194.